The number of hydrogen-bond acceptors (Lipinski definition) is 2. The van der Waals surface area contributed by atoms with Crippen molar-refractivity contribution in [2.45, 2.75) is 39.2 Å². The van der Waals surface area contributed by atoms with Gasteiger partial charge in [-0.3, -0.25) is 4.79 Å². The van der Waals surface area contributed by atoms with E-state index in [4.69, 9.17) is 17.6 Å². The highest BCUT2D eigenvalue weighted by Crippen LogP contribution is 2.60. The highest BCUT2D eigenvalue weighted by Gasteiger charge is 2.61. The summed E-state index contributed by atoms with van der Waals surface area (Å²) in [6, 6.07) is 0. The van der Waals surface area contributed by atoms with Gasteiger partial charge in [0.05, 0.1) is 9.31 Å². The Morgan fingerprint density at radius 2 is 2.22 bits per heavy atom. The van der Waals surface area contributed by atoms with Crippen molar-refractivity contribution >= 4 is 37.8 Å². The fraction of sp³-hybridized carbons (Fsp3) is 0.526. The van der Waals surface area contributed by atoms with Gasteiger partial charge in [-0.25, -0.2) is 0 Å². The van der Waals surface area contributed by atoms with Crippen LogP contribution in [0.1, 0.15) is 33.1 Å². The van der Waals surface area contributed by atoms with Crippen molar-refractivity contribution in [1.82, 2.24) is 0 Å². The number of hydrogen-bond donors (Lipinski definition) is 0. The van der Waals surface area contributed by atoms with Crippen LogP contribution in [0.5, 0.6) is 0 Å². The third-order valence-electron chi connectivity index (χ3n) is 4.83. The van der Waals surface area contributed by atoms with Crippen molar-refractivity contribution in [3.05, 3.63) is 21.1 Å². The normalized spacial score (nSPS) is 28.8. The Bertz CT molecular complexity index is 627. The van der Waals surface area contributed by atoms with Gasteiger partial charge < -0.3 is 4.74 Å². The Morgan fingerprint density at radius 1 is 1.52 bits per heavy atom. The maximum atomic E-state index is 12.5. The largest absolute Gasteiger partial charge is 0.444 e. The number of rotatable bonds is 5. The number of ether oxygens (including phenoxy) is 1. The Balaban J connectivity index is 2.02. The van der Waals surface area contributed by atoms with Gasteiger partial charge in [0.15, 0.2) is 6.10 Å². The quantitative estimate of drug-likeness (QED) is 0.349. The molecule has 2 nitrogen and oxygen atoms in total. The molecule has 2 rings (SSSR count). The van der Waals surface area contributed by atoms with Crippen LogP contribution >= 0.6 is 31.9 Å². The van der Waals surface area contributed by atoms with Crippen LogP contribution in [0.2, 0.25) is 0 Å². The van der Waals surface area contributed by atoms with E-state index < -0.39 is 6.10 Å². The minimum absolute atomic E-state index is 0.112. The topological polar surface area (TPSA) is 26.3 Å². The van der Waals surface area contributed by atoms with Gasteiger partial charge in [0.2, 0.25) is 0 Å². The average molecular weight is 440 g/mol. The van der Waals surface area contributed by atoms with E-state index in [9.17, 15) is 4.79 Å². The molecule has 122 valence electrons. The molecule has 0 aromatic carbocycles. The van der Waals surface area contributed by atoms with Crippen molar-refractivity contribution in [2.75, 3.05) is 0 Å². The van der Waals surface area contributed by atoms with Crippen LogP contribution in [0.15, 0.2) is 21.1 Å². The first-order chi connectivity index (χ1) is 10.8. The van der Waals surface area contributed by atoms with Gasteiger partial charge in [-0.2, -0.15) is 0 Å². The Hall–Kier alpha value is -0.970. The zero-order valence-electron chi connectivity index (χ0n) is 13.3. The molecule has 2 aliphatic rings. The van der Waals surface area contributed by atoms with E-state index in [2.05, 4.69) is 63.6 Å². The molecule has 0 amide bonds. The predicted octanol–water partition coefficient (Wildman–Crippen LogP) is 4.79. The van der Waals surface area contributed by atoms with Crippen molar-refractivity contribution in [3.63, 3.8) is 0 Å². The molecule has 0 aliphatic heterocycles. The maximum Gasteiger partial charge on any atom is 0.311 e. The van der Waals surface area contributed by atoms with E-state index in [1.165, 1.54) is 0 Å². The second kappa shape index (κ2) is 7.29. The Morgan fingerprint density at radius 3 is 2.78 bits per heavy atom. The summed E-state index contributed by atoms with van der Waals surface area (Å²) in [4.78, 5) is 12.5. The zero-order valence-corrected chi connectivity index (χ0v) is 16.5. The molecule has 0 N–H and O–H groups in total. The van der Waals surface area contributed by atoms with Crippen molar-refractivity contribution in [2.24, 2.45) is 23.2 Å². The second-order valence-corrected chi connectivity index (χ2v) is 9.49. The number of halogens is 2. The maximum absolute atomic E-state index is 12.5. The summed E-state index contributed by atoms with van der Waals surface area (Å²) in [5, 5.41) is 0. The van der Waals surface area contributed by atoms with Crippen molar-refractivity contribution < 1.29 is 9.53 Å². The zero-order chi connectivity index (χ0) is 17.2. The minimum atomic E-state index is -0.571. The molecule has 0 bridgehead atoms. The summed E-state index contributed by atoms with van der Waals surface area (Å²) in [6.45, 7) is 4.12. The average Bonchev–Trinajstić information content (AvgIpc) is 2.83. The van der Waals surface area contributed by atoms with Gasteiger partial charge in [0.1, 0.15) is 0 Å². The standard InChI is InChI=1S/C19H20Br2O2/c1-5-7-12-8-9-13(10-12)15(6-2)23-18(22)17-14(11-16(20)21)19(17,3)4/h1-2,10-12,14-15,17H,7-9H2,3-4H3/t12?,14-,15?,17-/m0/s1. The van der Waals surface area contributed by atoms with E-state index in [0.29, 0.717) is 12.3 Å². The Labute approximate surface area is 155 Å². The van der Waals surface area contributed by atoms with E-state index in [-0.39, 0.29) is 23.2 Å². The second-order valence-electron chi connectivity index (χ2n) is 6.71. The number of carbonyl (C=O) groups excluding carboxylic acids is 1. The first kappa shape index (κ1) is 18.4. The molecule has 1 fully saturated rings. The van der Waals surface area contributed by atoms with Crippen LogP contribution in [0, 0.1) is 47.9 Å². The summed E-state index contributed by atoms with van der Waals surface area (Å²) in [7, 11) is 0. The molecule has 0 spiro atoms. The summed E-state index contributed by atoms with van der Waals surface area (Å²) >= 11 is 6.70. The van der Waals surface area contributed by atoms with Gasteiger partial charge in [0, 0.05) is 6.42 Å². The van der Waals surface area contributed by atoms with Gasteiger partial charge in [-0.15, -0.1) is 18.8 Å². The monoisotopic (exact) mass is 438 g/mol. The molecule has 2 aliphatic carbocycles. The smallest absolute Gasteiger partial charge is 0.311 e. The summed E-state index contributed by atoms with van der Waals surface area (Å²) in [5.41, 5.74) is 0.896. The lowest BCUT2D eigenvalue weighted by atomic mass is 10.1. The number of carbonyl (C=O) groups is 1. The summed E-state index contributed by atoms with van der Waals surface area (Å²) < 4.78 is 6.48. The van der Waals surface area contributed by atoms with Crippen LogP contribution in [0.25, 0.3) is 0 Å². The van der Waals surface area contributed by atoms with Crippen LogP contribution in [0.3, 0.4) is 0 Å². The number of allylic oxidation sites excluding steroid dienone is 2. The fourth-order valence-corrected chi connectivity index (χ4v) is 3.90. The van der Waals surface area contributed by atoms with E-state index in [1.54, 1.807) is 0 Å². The lowest BCUT2D eigenvalue weighted by molar-refractivity contribution is -0.147. The van der Waals surface area contributed by atoms with Crippen LogP contribution in [-0.4, -0.2) is 12.1 Å². The van der Waals surface area contributed by atoms with Gasteiger partial charge in [-0.05, 0) is 67.5 Å². The van der Waals surface area contributed by atoms with Crippen molar-refractivity contribution in [3.8, 4) is 24.7 Å². The summed E-state index contributed by atoms with van der Waals surface area (Å²) in [5.74, 6) is 5.39. The highest BCUT2D eigenvalue weighted by molar-refractivity contribution is 9.28. The molecule has 0 aromatic rings. The molecule has 2 unspecified atom stereocenters. The molecule has 0 aromatic heterocycles. The van der Waals surface area contributed by atoms with Gasteiger partial charge in [-0.1, -0.05) is 31.9 Å². The van der Waals surface area contributed by atoms with E-state index >= 15 is 0 Å². The van der Waals surface area contributed by atoms with Crippen LogP contribution in [-0.2, 0) is 9.53 Å². The van der Waals surface area contributed by atoms with Gasteiger partial charge >= 0.3 is 5.97 Å². The molecular formula is C19H20Br2O2. The molecule has 4 heteroatoms. The SMILES string of the molecule is C#CCC1C=C(C(C#C)OC(=O)[C@@H]2[C@H](C=C(Br)Br)C2(C)C)CC1. The van der Waals surface area contributed by atoms with Crippen LogP contribution in [0.4, 0.5) is 0 Å². The lowest BCUT2D eigenvalue weighted by Crippen LogP contribution is -2.21. The molecule has 0 radical (unpaired) electrons. The molecular weight excluding hydrogens is 420 g/mol. The number of terminal acetylenes is 2. The van der Waals surface area contributed by atoms with Crippen molar-refractivity contribution in [1.29, 1.82) is 0 Å². The minimum Gasteiger partial charge on any atom is -0.444 e. The number of esters is 1. The lowest BCUT2D eigenvalue weighted by Gasteiger charge is -2.14. The molecule has 4 atom stereocenters. The fourth-order valence-electron chi connectivity index (χ4n) is 3.33. The highest BCUT2D eigenvalue weighted by atomic mass is 79.9. The third-order valence-corrected chi connectivity index (χ3v) is 5.35. The first-order valence-electron chi connectivity index (χ1n) is 7.64. The van der Waals surface area contributed by atoms with Crippen LogP contribution < -0.4 is 0 Å². The van der Waals surface area contributed by atoms with E-state index in [1.807, 2.05) is 6.08 Å². The molecule has 0 heterocycles. The molecule has 1 saturated carbocycles. The first-order valence-corrected chi connectivity index (χ1v) is 9.23. The predicted molar refractivity (Wildman–Crippen MR) is 99.7 cm³/mol. The third kappa shape index (κ3) is 4.11. The molecule has 23 heavy (non-hydrogen) atoms. The van der Waals surface area contributed by atoms with E-state index in [0.717, 1.165) is 21.8 Å². The van der Waals surface area contributed by atoms with Gasteiger partial charge in [0.25, 0.3) is 0 Å². The molecule has 0 saturated heterocycles. The summed E-state index contributed by atoms with van der Waals surface area (Å²) in [6.07, 6.45) is 17.0. The Kier molecular flexibility index (Phi) is 5.82.